The van der Waals surface area contributed by atoms with Gasteiger partial charge in [0, 0.05) is 50.1 Å². The summed E-state index contributed by atoms with van der Waals surface area (Å²) in [5.41, 5.74) is 1.31. The van der Waals surface area contributed by atoms with Crippen LogP contribution in [0.2, 0.25) is 0 Å². The van der Waals surface area contributed by atoms with Gasteiger partial charge >= 0.3 is 0 Å². The first-order chi connectivity index (χ1) is 15.7. The highest BCUT2D eigenvalue weighted by atomic mass is 32.1. The number of likely N-dealkylation sites (tertiary alicyclic amines) is 1. The lowest BCUT2D eigenvalue weighted by Crippen LogP contribution is -2.46. The van der Waals surface area contributed by atoms with Gasteiger partial charge in [-0.15, -0.1) is 11.3 Å². The number of rotatable bonds is 9. The van der Waals surface area contributed by atoms with Gasteiger partial charge in [-0.05, 0) is 47.9 Å². The van der Waals surface area contributed by atoms with Gasteiger partial charge in [0.25, 0.3) is 0 Å². The van der Waals surface area contributed by atoms with E-state index in [-0.39, 0.29) is 12.5 Å². The van der Waals surface area contributed by atoms with Gasteiger partial charge in [0.2, 0.25) is 5.91 Å². The van der Waals surface area contributed by atoms with E-state index in [2.05, 4.69) is 45.5 Å². The molecule has 1 saturated heterocycles. The largest absolute Gasteiger partial charge is 0.497 e. The molecule has 2 heterocycles. The van der Waals surface area contributed by atoms with Crippen LogP contribution in [0.25, 0.3) is 0 Å². The minimum absolute atomic E-state index is 0.139. The van der Waals surface area contributed by atoms with Gasteiger partial charge in [-0.2, -0.15) is 0 Å². The number of nitrogens with zero attached hydrogens (tertiary/aromatic N) is 2. The molecule has 5 nitrogen and oxygen atoms in total. The standard InChI is InChI=1S/C26H36N2O3S/c1-30-19-26(29)28(22-9-4-3-5-10-22)16-21-15-27(17-24-12-7-13-32-24)18-25(21)20-8-6-11-23(14-20)31-2/h6-8,11-14,21-22,25H,3-5,9-10,15-19H2,1-2H3. The van der Waals surface area contributed by atoms with Crippen molar-refractivity contribution in [3.05, 3.63) is 52.2 Å². The number of thiophene rings is 1. The number of benzene rings is 1. The van der Waals surface area contributed by atoms with Crippen LogP contribution in [0.1, 0.15) is 48.5 Å². The summed E-state index contributed by atoms with van der Waals surface area (Å²) in [6.45, 7) is 3.96. The monoisotopic (exact) mass is 456 g/mol. The van der Waals surface area contributed by atoms with Crippen LogP contribution in [0.15, 0.2) is 41.8 Å². The third kappa shape index (κ3) is 5.72. The van der Waals surface area contributed by atoms with E-state index in [0.29, 0.717) is 17.9 Å². The van der Waals surface area contributed by atoms with Gasteiger partial charge in [-0.3, -0.25) is 9.69 Å². The van der Waals surface area contributed by atoms with Crippen LogP contribution in [-0.2, 0) is 16.1 Å². The van der Waals surface area contributed by atoms with Crippen molar-refractivity contribution in [2.45, 2.75) is 50.6 Å². The Balaban J connectivity index is 1.56. The van der Waals surface area contributed by atoms with Gasteiger partial charge in [-0.1, -0.05) is 37.5 Å². The Morgan fingerprint density at radius 2 is 1.97 bits per heavy atom. The van der Waals surface area contributed by atoms with Crippen molar-refractivity contribution in [3.8, 4) is 5.75 Å². The number of amides is 1. The van der Waals surface area contributed by atoms with Gasteiger partial charge in [0.1, 0.15) is 12.4 Å². The van der Waals surface area contributed by atoms with E-state index >= 15 is 0 Å². The molecule has 1 saturated carbocycles. The highest BCUT2D eigenvalue weighted by Gasteiger charge is 2.37. The number of ether oxygens (including phenoxy) is 2. The van der Waals surface area contributed by atoms with E-state index in [1.54, 1.807) is 14.2 Å². The molecule has 0 radical (unpaired) electrons. The Morgan fingerprint density at radius 1 is 1.12 bits per heavy atom. The second kappa shape index (κ2) is 11.3. The Hall–Kier alpha value is -1.89. The number of carbonyl (C=O) groups excluding carboxylic acids is 1. The fourth-order valence-corrected chi connectivity index (χ4v) is 6.20. The maximum Gasteiger partial charge on any atom is 0.248 e. The van der Waals surface area contributed by atoms with Crippen molar-refractivity contribution in [2.24, 2.45) is 5.92 Å². The molecule has 6 heteroatoms. The molecule has 32 heavy (non-hydrogen) atoms. The third-order valence-electron chi connectivity index (χ3n) is 7.03. The summed E-state index contributed by atoms with van der Waals surface area (Å²) in [7, 11) is 3.34. The molecule has 0 N–H and O–H groups in total. The van der Waals surface area contributed by atoms with E-state index < -0.39 is 0 Å². The molecule has 174 valence electrons. The lowest BCUT2D eigenvalue weighted by molar-refractivity contribution is -0.139. The maximum atomic E-state index is 13.1. The van der Waals surface area contributed by atoms with Gasteiger partial charge < -0.3 is 14.4 Å². The topological polar surface area (TPSA) is 42.0 Å². The minimum atomic E-state index is 0.139. The highest BCUT2D eigenvalue weighted by Crippen LogP contribution is 2.37. The Labute approximate surface area is 196 Å². The summed E-state index contributed by atoms with van der Waals surface area (Å²) >= 11 is 1.82. The Kier molecular flexibility index (Phi) is 8.22. The first-order valence-electron chi connectivity index (χ1n) is 11.8. The molecule has 2 fully saturated rings. The smallest absolute Gasteiger partial charge is 0.248 e. The van der Waals surface area contributed by atoms with Crippen LogP contribution in [0.4, 0.5) is 0 Å². The van der Waals surface area contributed by atoms with Crippen LogP contribution in [-0.4, -0.2) is 62.2 Å². The second-order valence-electron chi connectivity index (χ2n) is 9.19. The molecule has 2 unspecified atom stereocenters. The molecule has 1 aliphatic carbocycles. The molecule has 0 spiro atoms. The molecule has 2 atom stereocenters. The lowest BCUT2D eigenvalue weighted by Gasteiger charge is -2.37. The fraction of sp³-hybridized carbons (Fsp3) is 0.577. The number of hydrogen-bond acceptors (Lipinski definition) is 5. The van der Waals surface area contributed by atoms with Gasteiger partial charge in [0.05, 0.1) is 7.11 Å². The summed E-state index contributed by atoms with van der Waals surface area (Å²) in [5.74, 6) is 1.81. The van der Waals surface area contributed by atoms with E-state index in [9.17, 15) is 4.79 Å². The van der Waals surface area contributed by atoms with Crippen LogP contribution in [0, 0.1) is 5.92 Å². The summed E-state index contributed by atoms with van der Waals surface area (Å²) in [6, 6.07) is 13.2. The van der Waals surface area contributed by atoms with Crippen LogP contribution in [0.5, 0.6) is 5.75 Å². The molecular formula is C26H36N2O3S. The highest BCUT2D eigenvalue weighted by molar-refractivity contribution is 7.09. The predicted octanol–water partition coefficient (Wildman–Crippen LogP) is 4.78. The molecule has 1 amide bonds. The zero-order valence-electron chi connectivity index (χ0n) is 19.4. The second-order valence-corrected chi connectivity index (χ2v) is 10.2. The van der Waals surface area contributed by atoms with Crippen LogP contribution in [0.3, 0.4) is 0 Å². The van der Waals surface area contributed by atoms with Crippen molar-refractivity contribution >= 4 is 17.2 Å². The molecule has 4 rings (SSSR count). The fourth-order valence-electron chi connectivity index (χ4n) is 5.45. The van der Waals surface area contributed by atoms with E-state index in [0.717, 1.165) is 44.8 Å². The van der Waals surface area contributed by atoms with Crippen molar-refractivity contribution in [1.82, 2.24) is 9.80 Å². The summed E-state index contributed by atoms with van der Waals surface area (Å²) < 4.78 is 10.8. The van der Waals surface area contributed by atoms with Crippen molar-refractivity contribution in [3.63, 3.8) is 0 Å². The van der Waals surface area contributed by atoms with E-state index in [1.165, 1.54) is 29.7 Å². The quantitative estimate of drug-likeness (QED) is 0.545. The summed E-state index contributed by atoms with van der Waals surface area (Å²) in [5, 5.41) is 2.15. The zero-order valence-corrected chi connectivity index (χ0v) is 20.2. The van der Waals surface area contributed by atoms with E-state index in [4.69, 9.17) is 9.47 Å². The SMILES string of the molecule is COCC(=O)N(CC1CN(Cc2cccs2)CC1c1cccc(OC)c1)C1CCCCC1. The van der Waals surface area contributed by atoms with Gasteiger partial charge in [-0.25, -0.2) is 0 Å². The average Bonchev–Trinajstić information content (AvgIpc) is 3.48. The first-order valence-corrected chi connectivity index (χ1v) is 12.7. The van der Waals surface area contributed by atoms with E-state index in [1.807, 2.05) is 17.4 Å². The maximum absolute atomic E-state index is 13.1. The molecule has 1 aromatic carbocycles. The van der Waals surface area contributed by atoms with Crippen LogP contribution < -0.4 is 4.74 Å². The normalized spacial score (nSPS) is 22.2. The number of carbonyl (C=O) groups is 1. The Morgan fingerprint density at radius 3 is 2.69 bits per heavy atom. The molecular weight excluding hydrogens is 420 g/mol. The average molecular weight is 457 g/mol. The van der Waals surface area contributed by atoms with Gasteiger partial charge in [0.15, 0.2) is 0 Å². The summed E-state index contributed by atoms with van der Waals surface area (Å²) in [6.07, 6.45) is 5.95. The zero-order chi connectivity index (χ0) is 22.3. The van der Waals surface area contributed by atoms with Crippen LogP contribution >= 0.6 is 11.3 Å². The Bertz CT molecular complexity index is 851. The molecule has 0 bridgehead atoms. The number of hydrogen-bond donors (Lipinski definition) is 0. The van der Waals surface area contributed by atoms with Crippen molar-refractivity contribution < 1.29 is 14.3 Å². The molecule has 2 aromatic rings. The van der Waals surface area contributed by atoms with Crippen molar-refractivity contribution in [1.29, 1.82) is 0 Å². The molecule has 1 aromatic heterocycles. The minimum Gasteiger partial charge on any atom is -0.497 e. The molecule has 1 aliphatic heterocycles. The summed E-state index contributed by atoms with van der Waals surface area (Å²) in [4.78, 5) is 19.2. The third-order valence-corrected chi connectivity index (χ3v) is 7.89. The first kappa shape index (κ1) is 23.3. The lowest BCUT2D eigenvalue weighted by atomic mass is 9.87. The number of methoxy groups -OCH3 is 2. The molecule has 2 aliphatic rings. The predicted molar refractivity (Wildman–Crippen MR) is 129 cm³/mol. The van der Waals surface area contributed by atoms with Crippen molar-refractivity contribution in [2.75, 3.05) is 40.5 Å².